The number of hydrogen-bond donors (Lipinski definition) is 2. The van der Waals surface area contributed by atoms with Crippen LogP contribution in [0.5, 0.6) is 0 Å². The second-order valence-corrected chi connectivity index (χ2v) is 8.86. The lowest BCUT2D eigenvalue weighted by Gasteiger charge is -2.54. The molecule has 4 saturated carbocycles. The standard InChI is InChI=1S/C16H22N2O2S/c17-14-1-3-15(4-2-14)21(19,20)18-16-12-6-10-5-11(8-12)9-13(16)7-10/h1-4,10-13,16,18H,5-9,17H2. The van der Waals surface area contributed by atoms with Crippen molar-refractivity contribution >= 4 is 15.7 Å². The number of anilines is 1. The van der Waals surface area contributed by atoms with Gasteiger partial charge in [-0.25, -0.2) is 13.1 Å². The Morgan fingerprint density at radius 2 is 1.43 bits per heavy atom. The predicted molar refractivity (Wildman–Crippen MR) is 82.0 cm³/mol. The van der Waals surface area contributed by atoms with E-state index in [1.807, 2.05) is 0 Å². The number of nitrogens with two attached hydrogens (primary N) is 1. The summed E-state index contributed by atoms with van der Waals surface area (Å²) in [5.41, 5.74) is 6.22. The molecule has 5 rings (SSSR count). The lowest BCUT2D eigenvalue weighted by Crippen LogP contribution is -2.55. The van der Waals surface area contributed by atoms with E-state index in [0.29, 0.717) is 22.4 Å². The lowest BCUT2D eigenvalue weighted by molar-refractivity contribution is -0.00557. The van der Waals surface area contributed by atoms with Crippen molar-refractivity contribution in [3.63, 3.8) is 0 Å². The fraction of sp³-hybridized carbons (Fsp3) is 0.625. The molecule has 4 fully saturated rings. The summed E-state index contributed by atoms with van der Waals surface area (Å²) in [6, 6.07) is 6.61. The second-order valence-electron chi connectivity index (χ2n) is 7.15. The van der Waals surface area contributed by atoms with E-state index >= 15 is 0 Å². The maximum Gasteiger partial charge on any atom is 0.240 e. The molecule has 0 aliphatic heterocycles. The van der Waals surface area contributed by atoms with Crippen LogP contribution >= 0.6 is 0 Å². The first-order valence-electron chi connectivity index (χ1n) is 7.89. The van der Waals surface area contributed by atoms with Crippen LogP contribution in [0.4, 0.5) is 5.69 Å². The molecule has 0 unspecified atom stereocenters. The minimum Gasteiger partial charge on any atom is -0.399 e. The summed E-state index contributed by atoms with van der Waals surface area (Å²) in [5, 5.41) is 0. The van der Waals surface area contributed by atoms with Gasteiger partial charge in [0.1, 0.15) is 0 Å². The smallest absolute Gasteiger partial charge is 0.240 e. The minimum atomic E-state index is -3.43. The van der Waals surface area contributed by atoms with Gasteiger partial charge < -0.3 is 5.73 Å². The highest BCUT2D eigenvalue weighted by atomic mass is 32.2. The van der Waals surface area contributed by atoms with Crippen LogP contribution in [0.25, 0.3) is 0 Å². The Bertz CT molecular complexity index is 611. The van der Waals surface area contributed by atoms with Gasteiger partial charge >= 0.3 is 0 Å². The summed E-state index contributed by atoms with van der Waals surface area (Å²) >= 11 is 0. The van der Waals surface area contributed by atoms with Crippen molar-refractivity contribution in [3.8, 4) is 0 Å². The molecule has 0 heterocycles. The third-order valence-corrected chi connectivity index (χ3v) is 7.18. The van der Waals surface area contributed by atoms with E-state index in [4.69, 9.17) is 5.73 Å². The third-order valence-electron chi connectivity index (χ3n) is 5.71. The topological polar surface area (TPSA) is 72.2 Å². The Hall–Kier alpha value is -1.07. The number of benzene rings is 1. The molecule has 4 aliphatic carbocycles. The molecule has 0 amide bonds. The molecular weight excluding hydrogens is 284 g/mol. The van der Waals surface area contributed by atoms with Crippen molar-refractivity contribution in [2.45, 2.75) is 43.0 Å². The highest BCUT2D eigenvalue weighted by Gasteiger charge is 2.49. The quantitative estimate of drug-likeness (QED) is 0.842. The largest absolute Gasteiger partial charge is 0.399 e. The summed E-state index contributed by atoms with van der Waals surface area (Å²) in [6.45, 7) is 0. The number of hydrogen-bond acceptors (Lipinski definition) is 3. The molecule has 0 saturated heterocycles. The molecule has 4 aliphatic rings. The molecule has 0 radical (unpaired) electrons. The molecule has 1 aromatic rings. The van der Waals surface area contributed by atoms with Gasteiger partial charge in [0.2, 0.25) is 10.0 Å². The van der Waals surface area contributed by atoms with Crippen LogP contribution < -0.4 is 10.5 Å². The van der Waals surface area contributed by atoms with Crippen molar-refractivity contribution in [2.24, 2.45) is 23.7 Å². The molecule has 21 heavy (non-hydrogen) atoms. The highest BCUT2D eigenvalue weighted by Crippen LogP contribution is 2.53. The van der Waals surface area contributed by atoms with E-state index in [-0.39, 0.29) is 6.04 Å². The third kappa shape index (κ3) is 2.36. The normalized spacial score (nSPS) is 37.8. The first kappa shape index (κ1) is 13.6. The van der Waals surface area contributed by atoms with Crippen LogP contribution in [0.15, 0.2) is 29.2 Å². The lowest BCUT2D eigenvalue weighted by atomic mass is 9.54. The van der Waals surface area contributed by atoms with Gasteiger partial charge in [0.15, 0.2) is 0 Å². The van der Waals surface area contributed by atoms with Crippen molar-refractivity contribution in [3.05, 3.63) is 24.3 Å². The van der Waals surface area contributed by atoms with Crippen LogP contribution in [-0.2, 0) is 10.0 Å². The fourth-order valence-electron chi connectivity index (χ4n) is 5.01. The average Bonchev–Trinajstić information content (AvgIpc) is 2.42. The van der Waals surface area contributed by atoms with Crippen molar-refractivity contribution in [2.75, 3.05) is 5.73 Å². The zero-order chi connectivity index (χ0) is 14.6. The molecule has 0 aromatic heterocycles. The average molecular weight is 306 g/mol. The van der Waals surface area contributed by atoms with Crippen LogP contribution in [-0.4, -0.2) is 14.5 Å². The Kier molecular flexibility index (Phi) is 3.05. The predicted octanol–water partition coefficient (Wildman–Crippen LogP) is 2.37. The summed E-state index contributed by atoms with van der Waals surface area (Å²) < 4.78 is 28.2. The maximum atomic E-state index is 12.6. The Labute approximate surface area is 126 Å². The van der Waals surface area contributed by atoms with Gasteiger partial charge in [0, 0.05) is 11.7 Å². The Balaban J connectivity index is 1.56. The van der Waals surface area contributed by atoms with E-state index in [2.05, 4.69) is 4.72 Å². The van der Waals surface area contributed by atoms with Gasteiger partial charge in [-0.15, -0.1) is 0 Å². The highest BCUT2D eigenvalue weighted by molar-refractivity contribution is 7.89. The van der Waals surface area contributed by atoms with E-state index in [0.717, 1.165) is 11.8 Å². The Morgan fingerprint density at radius 3 is 1.95 bits per heavy atom. The first-order chi connectivity index (χ1) is 10.0. The summed E-state index contributed by atoms with van der Waals surface area (Å²) in [5.74, 6) is 2.80. The number of rotatable bonds is 3. The van der Waals surface area contributed by atoms with Gasteiger partial charge in [-0.2, -0.15) is 0 Å². The second kappa shape index (κ2) is 4.71. The molecule has 3 N–H and O–H groups in total. The molecule has 1 aromatic carbocycles. The summed E-state index contributed by atoms with van der Waals surface area (Å²) in [4.78, 5) is 0.325. The molecule has 114 valence electrons. The molecule has 0 atom stereocenters. The van der Waals surface area contributed by atoms with Gasteiger partial charge in [0.25, 0.3) is 0 Å². The van der Waals surface area contributed by atoms with Gasteiger partial charge in [-0.05, 0) is 80.0 Å². The van der Waals surface area contributed by atoms with Gasteiger partial charge in [0.05, 0.1) is 4.90 Å². The van der Waals surface area contributed by atoms with Crippen molar-refractivity contribution in [1.82, 2.24) is 4.72 Å². The van der Waals surface area contributed by atoms with Crippen LogP contribution in [0.3, 0.4) is 0 Å². The molecule has 4 nitrogen and oxygen atoms in total. The SMILES string of the molecule is Nc1ccc(S(=O)(=O)NC2C3CC4CC(C3)CC2C4)cc1. The van der Waals surface area contributed by atoms with E-state index in [9.17, 15) is 8.42 Å². The molecule has 4 bridgehead atoms. The summed E-state index contributed by atoms with van der Waals surface area (Å²) in [7, 11) is -3.43. The van der Waals surface area contributed by atoms with Crippen molar-refractivity contribution < 1.29 is 8.42 Å². The first-order valence-corrected chi connectivity index (χ1v) is 9.37. The molecule has 0 spiro atoms. The van der Waals surface area contributed by atoms with Crippen LogP contribution in [0.1, 0.15) is 32.1 Å². The van der Waals surface area contributed by atoms with Gasteiger partial charge in [-0.1, -0.05) is 0 Å². The molecular formula is C16H22N2O2S. The zero-order valence-corrected chi connectivity index (χ0v) is 12.9. The van der Waals surface area contributed by atoms with Crippen molar-refractivity contribution in [1.29, 1.82) is 0 Å². The number of sulfonamides is 1. The number of nitrogens with one attached hydrogen (secondary N) is 1. The minimum absolute atomic E-state index is 0.139. The van der Waals surface area contributed by atoms with E-state index in [1.165, 1.54) is 32.1 Å². The van der Waals surface area contributed by atoms with E-state index < -0.39 is 10.0 Å². The fourth-order valence-corrected chi connectivity index (χ4v) is 6.39. The zero-order valence-electron chi connectivity index (χ0n) is 12.0. The summed E-state index contributed by atoms with van der Waals surface area (Å²) in [6.07, 6.45) is 6.22. The number of nitrogen functional groups attached to an aromatic ring is 1. The van der Waals surface area contributed by atoms with Crippen LogP contribution in [0.2, 0.25) is 0 Å². The monoisotopic (exact) mass is 306 g/mol. The van der Waals surface area contributed by atoms with E-state index in [1.54, 1.807) is 24.3 Å². The Morgan fingerprint density at radius 1 is 0.905 bits per heavy atom. The van der Waals surface area contributed by atoms with Crippen LogP contribution in [0, 0.1) is 23.7 Å². The molecule has 5 heteroatoms. The maximum absolute atomic E-state index is 12.6. The van der Waals surface area contributed by atoms with Gasteiger partial charge in [-0.3, -0.25) is 0 Å².